The highest BCUT2D eigenvalue weighted by Crippen LogP contribution is 2.22. The van der Waals surface area contributed by atoms with Crippen LogP contribution in [0, 0.1) is 6.92 Å². The molecule has 0 radical (unpaired) electrons. The van der Waals surface area contributed by atoms with Crippen molar-refractivity contribution in [2.45, 2.75) is 19.4 Å². The van der Waals surface area contributed by atoms with Gasteiger partial charge in [0.1, 0.15) is 6.10 Å². The summed E-state index contributed by atoms with van der Waals surface area (Å²) in [5.74, 6) is 0.481. The summed E-state index contributed by atoms with van der Waals surface area (Å²) in [5, 5.41) is 11.3. The molecule has 1 aromatic heterocycles. The van der Waals surface area contributed by atoms with Gasteiger partial charge in [0.05, 0.1) is 22.9 Å². The predicted octanol–water partition coefficient (Wildman–Crippen LogP) is 3.12. The number of ether oxygens (including phenoxy) is 1. The van der Waals surface area contributed by atoms with Gasteiger partial charge in [-0.1, -0.05) is 23.7 Å². The highest BCUT2D eigenvalue weighted by Gasteiger charge is 2.28. The van der Waals surface area contributed by atoms with Crippen LogP contribution in [-0.4, -0.2) is 40.3 Å². The fourth-order valence-corrected chi connectivity index (χ4v) is 2.57. The van der Waals surface area contributed by atoms with Crippen molar-refractivity contribution in [3.8, 4) is 5.88 Å². The number of anilines is 1. The molecule has 0 spiro atoms. The Morgan fingerprint density at radius 1 is 1.30 bits per heavy atom. The van der Waals surface area contributed by atoms with Gasteiger partial charge in [0.2, 0.25) is 5.88 Å². The number of halogens is 1. The number of aryl methyl sites for hydroxylation is 1. The maximum Gasteiger partial charge on any atom is 0.322 e. The summed E-state index contributed by atoms with van der Waals surface area (Å²) < 4.78 is 5.76. The summed E-state index contributed by atoms with van der Waals surface area (Å²) in [4.78, 5) is 14.0. The van der Waals surface area contributed by atoms with Crippen molar-refractivity contribution < 1.29 is 9.53 Å². The first-order valence-electron chi connectivity index (χ1n) is 7.39. The van der Waals surface area contributed by atoms with Crippen molar-refractivity contribution in [2.24, 2.45) is 0 Å². The van der Waals surface area contributed by atoms with Crippen molar-refractivity contribution in [3.05, 3.63) is 47.1 Å². The number of benzene rings is 1. The molecule has 1 unspecified atom stereocenters. The van der Waals surface area contributed by atoms with E-state index in [0.29, 0.717) is 29.7 Å². The number of carbonyl (C=O) groups is 1. The number of aromatic nitrogens is 2. The van der Waals surface area contributed by atoms with Crippen LogP contribution in [0.15, 0.2) is 36.4 Å². The van der Waals surface area contributed by atoms with Gasteiger partial charge in [-0.25, -0.2) is 4.79 Å². The topological polar surface area (TPSA) is 67.3 Å². The second kappa shape index (κ2) is 6.83. The van der Waals surface area contributed by atoms with E-state index in [1.807, 2.05) is 25.1 Å². The summed E-state index contributed by atoms with van der Waals surface area (Å²) in [7, 11) is 0. The van der Waals surface area contributed by atoms with Crippen LogP contribution in [0.4, 0.5) is 10.5 Å². The number of carbonyl (C=O) groups excluding carboxylic acids is 1. The number of hydrogen-bond acceptors (Lipinski definition) is 4. The molecule has 2 amide bonds. The van der Waals surface area contributed by atoms with Crippen LogP contribution in [0.1, 0.15) is 12.1 Å². The standard InChI is InChI=1S/C16H17ClN4O2/c1-11-6-7-15(20-19-11)23-12-8-9-21(10-12)16(22)18-14-5-3-2-4-13(14)17/h2-7,12H,8-10H2,1H3,(H,18,22). The van der Waals surface area contributed by atoms with Crippen LogP contribution >= 0.6 is 11.6 Å². The molecule has 0 aliphatic carbocycles. The molecule has 2 heterocycles. The number of hydrogen-bond donors (Lipinski definition) is 1. The molecular formula is C16H17ClN4O2. The van der Waals surface area contributed by atoms with Gasteiger partial charge in [-0.3, -0.25) is 0 Å². The SMILES string of the molecule is Cc1ccc(OC2CCN(C(=O)Nc3ccccc3Cl)C2)nn1. The van der Waals surface area contributed by atoms with Gasteiger partial charge in [-0.2, -0.15) is 5.10 Å². The Morgan fingerprint density at radius 2 is 2.13 bits per heavy atom. The molecule has 23 heavy (non-hydrogen) atoms. The average molecular weight is 333 g/mol. The second-order valence-electron chi connectivity index (χ2n) is 5.40. The highest BCUT2D eigenvalue weighted by atomic mass is 35.5. The van der Waals surface area contributed by atoms with Crippen LogP contribution in [0.5, 0.6) is 5.88 Å². The third-order valence-electron chi connectivity index (χ3n) is 3.61. The summed E-state index contributed by atoms with van der Waals surface area (Å²) in [6, 6.07) is 10.6. The molecule has 1 saturated heterocycles. The molecule has 1 fully saturated rings. The molecule has 1 aromatic carbocycles. The first-order valence-corrected chi connectivity index (χ1v) is 7.77. The Labute approximate surface area is 139 Å². The van der Waals surface area contributed by atoms with Gasteiger partial charge in [-0.05, 0) is 25.1 Å². The van der Waals surface area contributed by atoms with Gasteiger partial charge in [0, 0.05) is 19.0 Å². The second-order valence-corrected chi connectivity index (χ2v) is 5.80. The van der Waals surface area contributed by atoms with Crippen molar-refractivity contribution >= 4 is 23.3 Å². The molecule has 6 nitrogen and oxygen atoms in total. The molecule has 1 aliphatic heterocycles. The molecule has 120 valence electrons. The Bertz CT molecular complexity index is 693. The normalized spacial score (nSPS) is 17.1. The minimum Gasteiger partial charge on any atom is -0.471 e. The van der Waals surface area contributed by atoms with Crippen LogP contribution in [0.3, 0.4) is 0 Å². The lowest BCUT2D eigenvalue weighted by Crippen LogP contribution is -2.34. The predicted molar refractivity (Wildman–Crippen MR) is 87.8 cm³/mol. The third-order valence-corrected chi connectivity index (χ3v) is 3.94. The van der Waals surface area contributed by atoms with Gasteiger partial charge in [0.15, 0.2) is 0 Å². The van der Waals surface area contributed by atoms with Crippen LogP contribution in [-0.2, 0) is 0 Å². The number of likely N-dealkylation sites (tertiary alicyclic amines) is 1. The fraction of sp³-hybridized carbons (Fsp3) is 0.312. The minimum atomic E-state index is -0.181. The molecule has 1 N–H and O–H groups in total. The lowest BCUT2D eigenvalue weighted by atomic mass is 10.3. The number of urea groups is 1. The molecule has 1 atom stereocenters. The Morgan fingerprint density at radius 3 is 2.87 bits per heavy atom. The summed E-state index contributed by atoms with van der Waals surface area (Å²) >= 11 is 6.05. The number of amides is 2. The van der Waals surface area contributed by atoms with Crippen molar-refractivity contribution in [2.75, 3.05) is 18.4 Å². The monoisotopic (exact) mass is 332 g/mol. The zero-order valence-corrected chi connectivity index (χ0v) is 13.5. The van der Waals surface area contributed by atoms with Crippen LogP contribution in [0.2, 0.25) is 5.02 Å². The maximum atomic E-state index is 12.3. The fourth-order valence-electron chi connectivity index (χ4n) is 2.39. The van der Waals surface area contributed by atoms with Gasteiger partial charge in [-0.15, -0.1) is 5.10 Å². The van der Waals surface area contributed by atoms with E-state index in [0.717, 1.165) is 12.1 Å². The lowest BCUT2D eigenvalue weighted by molar-refractivity contribution is 0.188. The number of nitrogens with one attached hydrogen (secondary N) is 1. The summed E-state index contributed by atoms with van der Waals surface area (Å²) in [6.07, 6.45) is 0.676. The molecular weight excluding hydrogens is 316 g/mol. The van der Waals surface area contributed by atoms with E-state index >= 15 is 0 Å². The quantitative estimate of drug-likeness (QED) is 0.937. The number of para-hydroxylation sites is 1. The van der Waals surface area contributed by atoms with Crippen LogP contribution < -0.4 is 10.1 Å². The zero-order chi connectivity index (χ0) is 16.2. The van der Waals surface area contributed by atoms with E-state index < -0.39 is 0 Å². The molecule has 1 aliphatic rings. The molecule has 2 aromatic rings. The smallest absolute Gasteiger partial charge is 0.322 e. The average Bonchev–Trinajstić information content (AvgIpc) is 3.00. The lowest BCUT2D eigenvalue weighted by Gasteiger charge is -2.18. The Balaban J connectivity index is 1.55. The van der Waals surface area contributed by atoms with Crippen molar-refractivity contribution in [1.29, 1.82) is 0 Å². The molecule has 0 bridgehead atoms. The van der Waals surface area contributed by atoms with E-state index in [-0.39, 0.29) is 12.1 Å². The minimum absolute atomic E-state index is 0.0796. The summed E-state index contributed by atoms with van der Waals surface area (Å²) in [5.41, 5.74) is 1.44. The Hall–Kier alpha value is -2.34. The zero-order valence-electron chi connectivity index (χ0n) is 12.7. The van der Waals surface area contributed by atoms with Crippen molar-refractivity contribution in [1.82, 2.24) is 15.1 Å². The molecule has 0 saturated carbocycles. The van der Waals surface area contributed by atoms with E-state index in [9.17, 15) is 4.79 Å². The van der Waals surface area contributed by atoms with Gasteiger partial charge < -0.3 is 15.0 Å². The maximum absolute atomic E-state index is 12.3. The number of nitrogens with zero attached hydrogens (tertiary/aromatic N) is 3. The first-order chi connectivity index (χ1) is 11.1. The van der Waals surface area contributed by atoms with Gasteiger partial charge in [0.25, 0.3) is 0 Å². The molecule has 3 rings (SSSR count). The Kier molecular flexibility index (Phi) is 4.62. The highest BCUT2D eigenvalue weighted by molar-refractivity contribution is 6.33. The van der Waals surface area contributed by atoms with E-state index in [4.69, 9.17) is 16.3 Å². The first kappa shape index (κ1) is 15.6. The van der Waals surface area contributed by atoms with Gasteiger partial charge >= 0.3 is 6.03 Å². The van der Waals surface area contributed by atoms with E-state index in [2.05, 4.69) is 15.5 Å². The summed E-state index contributed by atoms with van der Waals surface area (Å²) in [6.45, 7) is 3.00. The largest absolute Gasteiger partial charge is 0.471 e. The van der Waals surface area contributed by atoms with Crippen LogP contribution in [0.25, 0.3) is 0 Å². The van der Waals surface area contributed by atoms with Crippen molar-refractivity contribution in [3.63, 3.8) is 0 Å². The number of rotatable bonds is 3. The van der Waals surface area contributed by atoms with E-state index in [1.165, 1.54) is 0 Å². The van der Waals surface area contributed by atoms with E-state index in [1.54, 1.807) is 23.1 Å². The molecule has 7 heteroatoms. The third kappa shape index (κ3) is 3.90.